The molecule has 0 bridgehead atoms. The van der Waals surface area contributed by atoms with Crippen molar-refractivity contribution in [2.75, 3.05) is 0 Å². The van der Waals surface area contributed by atoms with E-state index in [0.29, 0.717) is 17.1 Å². The summed E-state index contributed by atoms with van der Waals surface area (Å²) in [5.41, 5.74) is 0.399. The highest BCUT2D eigenvalue weighted by atomic mass is 16.1. The van der Waals surface area contributed by atoms with Crippen molar-refractivity contribution in [1.82, 2.24) is 0 Å². The van der Waals surface area contributed by atoms with Gasteiger partial charge in [0.25, 0.3) is 0 Å². The van der Waals surface area contributed by atoms with E-state index in [1.54, 1.807) is 0 Å². The lowest BCUT2D eigenvalue weighted by Gasteiger charge is -2.61. The van der Waals surface area contributed by atoms with Crippen molar-refractivity contribution in [3.05, 3.63) is 0 Å². The highest BCUT2D eigenvalue weighted by Crippen LogP contribution is 2.64. The van der Waals surface area contributed by atoms with Gasteiger partial charge in [-0.1, -0.05) is 34.1 Å². The molecule has 1 nitrogen and oxygen atoms in total. The van der Waals surface area contributed by atoms with Crippen LogP contribution in [-0.2, 0) is 4.79 Å². The first-order chi connectivity index (χ1) is 10.3. The first kappa shape index (κ1) is 16.5. The van der Waals surface area contributed by atoms with E-state index in [-0.39, 0.29) is 5.41 Å². The third-order valence-corrected chi connectivity index (χ3v) is 8.42. The molecular formula is C21H36O. The van der Waals surface area contributed by atoms with Gasteiger partial charge in [0.2, 0.25) is 0 Å². The predicted molar refractivity (Wildman–Crippen MR) is 92.6 cm³/mol. The fourth-order valence-corrected chi connectivity index (χ4v) is 6.90. The van der Waals surface area contributed by atoms with Crippen LogP contribution in [0.5, 0.6) is 0 Å². The Kier molecular flexibility index (Phi) is 4.23. The maximum atomic E-state index is 12.4. The molecule has 0 N–H and O–H groups in total. The van der Waals surface area contributed by atoms with E-state index in [0.717, 1.165) is 30.1 Å². The number of carbonyl (C=O) groups excluding carboxylic acids is 1. The van der Waals surface area contributed by atoms with Gasteiger partial charge >= 0.3 is 0 Å². The Morgan fingerprint density at radius 2 is 1.77 bits per heavy atom. The standard InChI is InChI=1S/C21H36O/c1-14(2)16-7-9-18-17(13-16)8-10-19-20(4,15(3)22)11-6-12-21(18,19)5/h14,16-19H,6-13H2,1-5H3. The Labute approximate surface area is 137 Å². The van der Waals surface area contributed by atoms with Crippen LogP contribution in [0.4, 0.5) is 0 Å². The second kappa shape index (κ2) is 5.64. The Bertz CT molecular complexity index is 439. The zero-order chi connectivity index (χ0) is 16.1. The molecule has 0 aromatic carbocycles. The molecule has 22 heavy (non-hydrogen) atoms. The van der Waals surface area contributed by atoms with Gasteiger partial charge in [0.05, 0.1) is 0 Å². The fourth-order valence-electron chi connectivity index (χ4n) is 6.90. The van der Waals surface area contributed by atoms with Gasteiger partial charge in [-0.15, -0.1) is 0 Å². The molecule has 0 radical (unpaired) electrons. The topological polar surface area (TPSA) is 17.1 Å². The summed E-state index contributed by atoms with van der Waals surface area (Å²) in [5.74, 6) is 4.72. The molecule has 1 heteroatoms. The largest absolute Gasteiger partial charge is 0.299 e. The average molecular weight is 305 g/mol. The summed E-state index contributed by atoms with van der Waals surface area (Å²) in [4.78, 5) is 12.4. The van der Waals surface area contributed by atoms with Crippen molar-refractivity contribution >= 4 is 5.78 Å². The molecule has 6 unspecified atom stereocenters. The highest BCUT2D eigenvalue weighted by Gasteiger charge is 2.58. The van der Waals surface area contributed by atoms with Crippen LogP contribution in [0.2, 0.25) is 0 Å². The smallest absolute Gasteiger partial charge is 0.135 e. The van der Waals surface area contributed by atoms with Gasteiger partial charge in [0.1, 0.15) is 5.78 Å². The zero-order valence-corrected chi connectivity index (χ0v) is 15.5. The Morgan fingerprint density at radius 3 is 2.41 bits per heavy atom. The maximum absolute atomic E-state index is 12.4. The van der Waals surface area contributed by atoms with Crippen molar-refractivity contribution in [3.8, 4) is 0 Å². The molecule has 3 saturated carbocycles. The van der Waals surface area contributed by atoms with Gasteiger partial charge in [-0.3, -0.25) is 4.79 Å². The molecule has 3 fully saturated rings. The number of hydrogen-bond donors (Lipinski definition) is 0. The molecule has 0 aliphatic heterocycles. The van der Waals surface area contributed by atoms with Crippen LogP contribution in [0.15, 0.2) is 0 Å². The normalized spacial score (nSPS) is 48.6. The Hall–Kier alpha value is -0.330. The Morgan fingerprint density at radius 1 is 1.05 bits per heavy atom. The quantitative estimate of drug-likeness (QED) is 0.623. The monoisotopic (exact) mass is 304 g/mol. The van der Waals surface area contributed by atoms with Crippen LogP contribution in [0.25, 0.3) is 0 Å². The average Bonchev–Trinajstić information content (AvgIpc) is 2.46. The maximum Gasteiger partial charge on any atom is 0.135 e. The van der Waals surface area contributed by atoms with E-state index >= 15 is 0 Å². The summed E-state index contributed by atoms with van der Waals surface area (Å²) >= 11 is 0. The van der Waals surface area contributed by atoms with Gasteiger partial charge in [0.15, 0.2) is 0 Å². The van der Waals surface area contributed by atoms with Crippen molar-refractivity contribution in [3.63, 3.8) is 0 Å². The highest BCUT2D eigenvalue weighted by molar-refractivity contribution is 5.82. The molecule has 0 saturated heterocycles. The summed E-state index contributed by atoms with van der Waals surface area (Å²) in [5, 5.41) is 0. The van der Waals surface area contributed by atoms with Crippen LogP contribution in [0.1, 0.15) is 86.0 Å². The van der Waals surface area contributed by atoms with E-state index in [4.69, 9.17) is 0 Å². The minimum absolute atomic E-state index is 0.0349. The van der Waals surface area contributed by atoms with E-state index in [1.807, 2.05) is 6.92 Å². The van der Waals surface area contributed by atoms with Gasteiger partial charge in [0, 0.05) is 5.41 Å². The van der Waals surface area contributed by atoms with Gasteiger partial charge in [-0.25, -0.2) is 0 Å². The summed E-state index contributed by atoms with van der Waals surface area (Å²) in [6.07, 6.45) is 10.8. The number of hydrogen-bond acceptors (Lipinski definition) is 1. The van der Waals surface area contributed by atoms with Gasteiger partial charge in [-0.2, -0.15) is 0 Å². The lowest BCUT2D eigenvalue weighted by molar-refractivity contribution is -0.153. The minimum atomic E-state index is -0.0349. The zero-order valence-electron chi connectivity index (χ0n) is 15.5. The molecule has 3 rings (SSSR count). The summed E-state index contributed by atoms with van der Waals surface area (Å²) in [6, 6.07) is 0. The van der Waals surface area contributed by atoms with Crippen molar-refractivity contribution in [1.29, 1.82) is 0 Å². The molecule has 126 valence electrons. The molecule has 0 heterocycles. The van der Waals surface area contributed by atoms with E-state index in [9.17, 15) is 4.79 Å². The summed E-state index contributed by atoms with van der Waals surface area (Å²) in [6.45, 7) is 11.5. The minimum Gasteiger partial charge on any atom is -0.299 e. The molecule has 6 atom stereocenters. The summed E-state index contributed by atoms with van der Waals surface area (Å²) < 4.78 is 0. The van der Waals surface area contributed by atoms with Gasteiger partial charge < -0.3 is 0 Å². The van der Waals surface area contributed by atoms with Crippen LogP contribution in [0, 0.1) is 40.4 Å². The van der Waals surface area contributed by atoms with Crippen LogP contribution in [0.3, 0.4) is 0 Å². The van der Waals surface area contributed by atoms with E-state index < -0.39 is 0 Å². The van der Waals surface area contributed by atoms with Gasteiger partial charge in [-0.05, 0) is 86.9 Å². The van der Waals surface area contributed by atoms with Crippen molar-refractivity contribution in [2.45, 2.75) is 86.0 Å². The van der Waals surface area contributed by atoms with Crippen LogP contribution in [-0.4, -0.2) is 5.78 Å². The number of fused-ring (bicyclic) bond motifs is 3. The number of rotatable bonds is 2. The van der Waals surface area contributed by atoms with Crippen LogP contribution >= 0.6 is 0 Å². The molecule has 3 aliphatic carbocycles. The second-order valence-corrected chi connectivity index (χ2v) is 9.65. The number of ketones is 1. The lowest BCUT2D eigenvalue weighted by atomic mass is 9.43. The predicted octanol–water partition coefficient (Wildman–Crippen LogP) is 5.87. The fraction of sp³-hybridized carbons (Fsp3) is 0.952. The third-order valence-electron chi connectivity index (χ3n) is 8.42. The SMILES string of the molecule is CC(=O)C1(C)CCCC2(C)C3CCC(C(C)C)CC3CCC12. The van der Waals surface area contributed by atoms with Crippen molar-refractivity contribution in [2.24, 2.45) is 40.4 Å². The molecule has 0 spiro atoms. The van der Waals surface area contributed by atoms with Crippen LogP contribution < -0.4 is 0 Å². The number of carbonyl (C=O) groups is 1. The molecular weight excluding hydrogens is 268 g/mol. The first-order valence-corrected chi connectivity index (χ1v) is 9.80. The van der Waals surface area contributed by atoms with Crippen molar-refractivity contribution < 1.29 is 4.79 Å². The van der Waals surface area contributed by atoms with E-state index in [2.05, 4.69) is 27.7 Å². The lowest BCUT2D eigenvalue weighted by Crippen LogP contribution is -2.55. The van der Waals surface area contributed by atoms with E-state index in [1.165, 1.54) is 44.9 Å². The molecule has 0 aromatic rings. The summed E-state index contributed by atoms with van der Waals surface area (Å²) in [7, 11) is 0. The molecule has 0 aromatic heterocycles. The second-order valence-electron chi connectivity index (χ2n) is 9.65. The molecule has 3 aliphatic rings. The first-order valence-electron chi connectivity index (χ1n) is 9.80. The third kappa shape index (κ3) is 2.38. The Balaban J connectivity index is 1.86. The number of Topliss-reactive ketones (excluding diaryl/α,β-unsaturated/α-hetero) is 1. The molecule has 0 amide bonds.